The maximum Gasteiger partial charge on any atom is 0.250 e. The summed E-state index contributed by atoms with van der Waals surface area (Å²) in [6.07, 6.45) is 4.42. The Morgan fingerprint density at radius 2 is 2.24 bits per heavy atom. The topological polar surface area (TPSA) is 79.3 Å². The van der Waals surface area contributed by atoms with Gasteiger partial charge in [-0.1, -0.05) is 49.9 Å². The number of hydrazone groups is 1. The number of aromatic nitrogens is 2. The zero-order valence-electron chi connectivity index (χ0n) is 17.0. The second-order valence-corrected chi connectivity index (χ2v) is 11.7. The van der Waals surface area contributed by atoms with Gasteiger partial charge in [0.25, 0.3) is 5.91 Å². The van der Waals surface area contributed by atoms with E-state index in [0.29, 0.717) is 11.7 Å². The molecule has 2 atom stereocenters. The SMILES string of the molecule is CC12CCC(C/C1=N/NC(=O)CSc1nnc(NCCc3cccs3)s1)C2(C)C. The van der Waals surface area contributed by atoms with Crippen LogP contribution in [0.4, 0.5) is 5.13 Å². The van der Waals surface area contributed by atoms with Gasteiger partial charge in [0.15, 0.2) is 4.34 Å². The summed E-state index contributed by atoms with van der Waals surface area (Å²) in [7, 11) is 0. The lowest BCUT2D eigenvalue weighted by atomic mass is 9.70. The highest BCUT2D eigenvalue weighted by molar-refractivity contribution is 8.01. The molecule has 2 bridgehead atoms. The van der Waals surface area contributed by atoms with Gasteiger partial charge in [0.2, 0.25) is 5.13 Å². The van der Waals surface area contributed by atoms with Crippen LogP contribution < -0.4 is 10.7 Å². The minimum Gasteiger partial charge on any atom is -0.360 e. The molecule has 2 heterocycles. The number of anilines is 1. The molecule has 0 radical (unpaired) electrons. The van der Waals surface area contributed by atoms with Crippen LogP contribution in [0.2, 0.25) is 0 Å². The average molecular weight is 450 g/mol. The molecule has 2 saturated carbocycles. The highest BCUT2D eigenvalue weighted by atomic mass is 32.2. The van der Waals surface area contributed by atoms with Gasteiger partial charge < -0.3 is 5.32 Å². The zero-order chi connectivity index (χ0) is 20.5. The van der Waals surface area contributed by atoms with Crippen LogP contribution >= 0.6 is 34.4 Å². The van der Waals surface area contributed by atoms with Gasteiger partial charge in [-0.25, -0.2) is 5.43 Å². The van der Waals surface area contributed by atoms with E-state index in [1.54, 1.807) is 11.3 Å². The predicted octanol–water partition coefficient (Wildman–Crippen LogP) is 4.66. The number of thiophene rings is 1. The molecule has 0 aliphatic heterocycles. The second kappa shape index (κ2) is 8.35. The number of nitrogens with one attached hydrogen (secondary N) is 2. The fourth-order valence-corrected chi connectivity index (χ4v) is 6.75. The van der Waals surface area contributed by atoms with Gasteiger partial charge in [-0.3, -0.25) is 4.79 Å². The third-order valence-corrected chi connectivity index (χ3v) is 9.74. The molecule has 2 aliphatic carbocycles. The van der Waals surface area contributed by atoms with Crippen molar-refractivity contribution in [2.24, 2.45) is 21.8 Å². The smallest absolute Gasteiger partial charge is 0.250 e. The highest BCUT2D eigenvalue weighted by Crippen LogP contribution is 2.63. The van der Waals surface area contributed by atoms with Crippen molar-refractivity contribution in [2.75, 3.05) is 17.6 Å². The molecule has 1 amide bonds. The summed E-state index contributed by atoms with van der Waals surface area (Å²) in [5, 5.41) is 19.0. The maximum absolute atomic E-state index is 12.3. The van der Waals surface area contributed by atoms with Crippen molar-refractivity contribution in [3.8, 4) is 0 Å². The maximum atomic E-state index is 12.3. The predicted molar refractivity (Wildman–Crippen MR) is 122 cm³/mol. The van der Waals surface area contributed by atoms with E-state index in [4.69, 9.17) is 0 Å². The first-order valence-electron chi connectivity index (χ1n) is 9.97. The zero-order valence-corrected chi connectivity index (χ0v) is 19.5. The summed E-state index contributed by atoms with van der Waals surface area (Å²) in [6.45, 7) is 7.81. The normalized spacial score (nSPS) is 26.2. The molecule has 0 aromatic carbocycles. The molecule has 0 saturated heterocycles. The number of fused-ring (bicyclic) bond motifs is 2. The lowest BCUT2D eigenvalue weighted by Gasteiger charge is -2.34. The number of nitrogens with zero attached hydrogens (tertiary/aromatic N) is 3. The van der Waals surface area contributed by atoms with Crippen molar-refractivity contribution in [1.82, 2.24) is 15.6 Å². The quantitative estimate of drug-likeness (QED) is 0.452. The largest absolute Gasteiger partial charge is 0.360 e. The number of carbonyl (C=O) groups excluding carboxylic acids is 1. The van der Waals surface area contributed by atoms with E-state index in [9.17, 15) is 4.79 Å². The lowest BCUT2D eigenvalue weighted by molar-refractivity contribution is -0.118. The molecular formula is C20H27N5OS3. The van der Waals surface area contributed by atoms with Crippen LogP contribution in [0.5, 0.6) is 0 Å². The van der Waals surface area contributed by atoms with E-state index in [-0.39, 0.29) is 16.7 Å². The van der Waals surface area contributed by atoms with Gasteiger partial charge in [0.1, 0.15) is 0 Å². The minimum atomic E-state index is -0.0888. The number of hydrogen-bond acceptors (Lipinski definition) is 8. The monoisotopic (exact) mass is 449 g/mol. The Balaban J connectivity index is 1.22. The summed E-state index contributed by atoms with van der Waals surface area (Å²) >= 11 is 4.64. The van der Waals surface area contributed by atoms with Crippen LogP contribution in [0.25, 0.3) is 0 Å². The lowest BCUT2D eigenvalue weighted by Crippen LogP contribution is -2.34. The third-order valence-electron chi connectivity index (χ3n) is 6.79. The van der Waals surface area contributed by atoms with Crippen molar-refractivity contribution in [1.29, 1.82) is 0 Å². The molecular weight excluding hydrogens is 422 g/mol. The van der Waals surface area contributed by atoms with Gasteiger partial charge in [0, 0.05) is 22.5 Å². The Morgan fingerprint density at radius 1 is 1.38 bits per heavy atom. The van der Waals surface area contributed by atoms with Crippen LogP contribution in [0, 0.1) is 16.7 Å². The molecule has 2 unspecified atom stereocenters. The molecule has 6 nitrogen and oxygen atoms in total. The van der Waals surface area contributed by atoms with E-state index in [0.717, 1.165) is 34.6 Å². The molecule has 0 spiro atoms. The third kappa shape index (κ3) is 4.22. The Labute approximate surface area is 184 Å². The highest BCUT2D eigenvalue weighted by Gasteiger charge is 2.60. The van der Waals surface area contributed by atoms with Crippen LogP contribution in [-0.2, 0) is 11.2 Å². The Bertz CT molecular complexity index is 892. The second-order valence-electron chi connectivity index (χ2n) is 8.50. The van der Waals surface area contributed by atoms with Crippen molar-refractivity contribution in [3.05, 3.63) is 22.4 Å². The first kappa shape index (κ1) is 20.8. The minimum absolute atomic E-state index is 0.0888. The molecule has 2 fully saturated rings. The summed E-state index contributed by atoms with van der Waals surface area (Å²) < 4.78 is 0.791. The van der Waals surface area contributed by atoms with E-state index in [1.807, 2.05) is 0 Å². The van der Waals surface area contributed by atoms with E-state index in [2.05, 4.69) is 64.3 Å². The molecule has 156 valence electrons. The Kier molecular flexibility index (Phi) is 5.99. The van der Waals surface area contributed by atoms with E-state index in [1.165, 1.54) is 40.8 Å². The number of thioether (sulfide) groups is 1. The van der Waals surface area contributed by atoms with Crippen molar-refractivity contribution >= 4 is 51.2 Å². The van der Waals surface area contributed by atoms with Gasteiger partial charge in [0.05, 0.1) is 5.75 Å². The average Bonchev–Trinajstić information content (AvgIpc) is 3.44. The number of rotatable bonds is 8. The molecule has 2 aromatic rings. The van der Waals surface area contributed by atoms with Crippen LogP contribution in [0.15, 0.2) is 27.0 Å². The van der Waals surface area contributed by atoms with E-state index >= 15 is 0 Å². The summed E-state index contributed by atoms with van der Waals surface area (Å²) in [4.78, 5) is 13.6. The van der Waals surface area contributed by atoms with Gasteiger partial charge in [-0.05, 0) is 48.5 Å². The first-order chi connectivity index (χ1) is 13.9. The molecule has 2 N–H and O–H groups in total. The van der Waals surface area contributed by atoms with Crippen LogP contribution in [-0.4, -0.2) is 34.1 Å². The van der Waals surface area contributed by atoms with Crippen molar-refractivity contribution in [2.45, 2.75) is 50.8 Å². The van der Waals surface area contributed by atoms with Crippen LogP contribution in [0.1, 0.15) is 44.9 Å². The molecule has 4 rings (SSSR count). The number of amides is 1. The van der Waals surface area contributed by atoms with Crippen LogP contribution in [0.3, 0.4) is 0 Å². The first-order valence-corrected chi connectivity index (χ1v) is 12.6. The number of carbonyl (C=O) groups is 1. The summed E-state index contributed by atoms with van der Waals surface area (Å²) in [6, 6.07) is 4.20. The summed E-state index contributed by atoms with van der Waals surface area (Å²) in [5.41, 5.74) is 4.31. The van der Waals surface area contributed by atoms with Crippen molar-refractivity contribution in [3.63, 3.8) is 0 Å². The summed E-state index contributed by atoms with van der Waals surface area (Å²) in [5.74, 6) is 0.892. The van der Waals surface area contributed by atoms with E-state index < -0.39 is 0 Å². The molecule has 29 heavy (non-hydrogen) atoms. The van der Waals surface area contributed by atoms with Gasteiger partial charge in [-0.2, -0.15) is 5.10 Å². The molecule has 2 aliphatic rings. The number of hydrogen-bond donors (Lipinski definition) is 2. The fraction of sp³-hybridized carbons (Fsp3) is 0.600. The molecule has 2 aromatic heterocycles. The van der Waals surface area contributed by atoms with Gasteiger partial charge in [-0.15, -0.1) is 21.5 Å². The van der Waals surface area contributed by atoms with Crippen molar-refractivity contribution < 1.29 is 4.79 Å². The Hall–Kier alpha value is -1.45. The fourth-order valence-electron chi connectivity index (χ4n) is 4.47. The van der Waals surface area contributed by atoms with Gasteiger partial charge >= 0.3 is 0 Å². The standard InChI is InChI=1S/C20H27N5OS3/c1-19(2)13-6-8-20(19,3)15(11-13)22-23-16(26)12-28-18-25-24-17(29-18)21-9-7-14-5-4-10-27-14/h4-5,10,13H,6-9,11-12H2,1-3H3,(H,21,24)(H,23,26)/b22-15-. The Morgan fingerprint density at radius 3 is 2.93 bits per heavy atom. The molecule has 9 heteroatoms.